The van der Waals surface area contributed by atoms with Crippen LogP contribution in [0.2, 0.25) is 0 Å². The van der Waals surface area contributed by atoms with Crippen LogP contribution in [-0.4, -0.2) is 41.0 Å². The molecular weight excluding hydrogens is 336 g/mol. The molecule has 0 radical (unpaired) electrons. The molecule has 2 aromatic rings. The number of benzene rings is 1. The van der Waals surface area contributed by atoms with Crippen LogP contribution in [0.5, 0.6) is 0 Å². The summed E-state index contributed by atoms with van der Waals surface area (Å²) in [6.45, 7) is 4.61. The quantitative estimate of drug-likeness (QED) is 0.723. The van der Waals surface area contributed by atoms with Crippen LogP contribution >= 0.6 is 0 Å². The number of nitrogens with two attached hydrogens (primary N) is 1. The minimum Gasteiger partial charge on any atom is -0.351 e. The van der Waals surface area contributed by atoms with Gasteiger partial charge in [-0.05, 0) is 71.3 Å². The van der Waals surface area contributed by atoms with E-state index in [0.29, 0.717) is 24.6 Å². The number of hydrogen-bond acceptors (Lipinski definition) is 6. The molecule has 6 heteroatoms. The molecule has 0 aliphatic heterocycles. The van der Waals surface area contributed by atoms with Gasteiger partial charge in [-0.1, -0.05) is 12.1 Å². The largest absolute Gasteiger partial charge is 0.351 e. The lowest BCUT2D eigenvalue weighted by Crippen LogP contribution is -2.36. The van der Waals surface area contributed by atoms with Gasteiger partial charge in [0.25, 0.3) is 0 Å². The zero-order valence-corrected chi connectivity index (χ0v) is 16.9. The van der Waals surface area contributed by atoms with Crippen LogP contribution in [0.3, 0.4) is 0 Å². The fraction of sp³-hybridized carbons (Fsp3) is 0.524. The molecule has 0 amide bonds. The van der Waals surface area contributed by atoms with Gasteiger partial charge in [0.1, 0.15) is 5.82 Å². The first-order valence-corrected chi connectivity index (χ1v) is 9.80. The second-order valence-corrected chi connectivity index (χ2v) is 7.75. The van der Waals surface area contributed by atoms with Crippen molar-refractivity contribution in [1.29, 1.82) is 0 Å². The third-order valence-electron chi connectivity index (χ3n) is 5.57. The molecule has 1 aromatic carbocycles. The average molecular weight is 369 g/mol. The van der Waals surface area contributed by atoms with Crippen LogP contribution in [0.25, 0.3) is 0 Å². The number of aryl methyl sites for hydroxylation is 1. The first-order valence-electron chi connectivity index (χ1n) is 9.80. The summed E-state index contributed by atoms with van der Waals surface area (Å²) >= 11 is 0. The Morgan fingerprint density at radius 1 is 1.11 bits per heavy atom. The highest BCUT2D eigenvalue weighted by molar-refractivity contribution is 5.62. The van der Waals surface area contributed by atoms with Crippen molar-refractivity contribution in [1.82, 2.24) is 14.9 Å². The predicted molar refractivity (Wildman–Crippen MR) is 112 cm³/mol. The molecule has 0 saturated heterocycles. The molecule has 0 spiro atoms. The molecule has 146 valence electrons. The number of nitrogens with one attached hydrogen (secondary N) is 2. The summed E-state index contributed by atoms with van der Waals surface area (Å²) in [4.78, 5) is 11.8. The maximum absolute atomic E-state index is 5.76. The lowest BCUT2D eigenvalue weighted by Gasteiger charge is -2.33. The van der Waals surface area contributed by atoms with E-state index in [2.05, 4.69) is 47.6 Å². The van der Waals surface area contributed by atoms with Crippen molar-refractivity contribution in [3.05, 3.63) is 41.1 Å². The molecule has 1 aliphatic carbocycles. The van der Waals surface area contributed by atoms with Crippen LogP contribution in [0.15, 0.2) is 24.3 Å². The molecule has 1 heterocycles. The Labute approximate surface area is 162 Å². The second-order valence-electron chi connectivity index (χ2n) is 7.75. The van der Waals surface area contributed by atoms with Crippen molar-refractivity contribution in [2.75, 3.05) is 24.7 Å². The molecule has 0 atom stereocenters. The van der Waals surface area contributed by atoms with Gasteiger partial charge in [0.15, 0.2) is 0 Å². The Morgan fingerprint density at radius 2 is 1.85 bits per heavy atom. The Kier molecular flexibility index (Phi) is 6.29. The number of nitrogens with zero attached hydrogens (tertiary/aromatic N) is 3. The third kappa shape index (κ3) is 4.96. The van der Waals surface area contributed by atoms with Crippen molar-refractivity contribution in [2.24, 2.45) is 5.73 Å². The summed E-state index contributed by atoms with van der Waals surface area (Å²) in [5, 5.41) is 6.99. The van der Waals surface area contributed by atoms with E-state index >= 15 is 0 Å². The highest BCUT2D eigenvalue weighted by Crippen LogP contribution is 2.26. The van der Waals surface area contributed by atoms with E-state index in [0.717, 1.165) is 41.2 Å². The van der Waals surface area contributed by atoms with Crippen LogP contribution in [0.4, 0.5) is 17.5 Å². The van der Waals surface area contributed by atoms with Crippen LogP contribution in [0, 0.1) is 13.8 Å². The van der Waals surface area contributed by atoms with Gasteiger partial charge in [-0.15, -0.1) is 0 Å². The molecule has 1 fully saturated rings. The molecule has 1 aliphatic rings. The van der Waals surface area contributed by atoms with E-state index < -0.39 is 0 Å². The smallest absolute Gasteiger partial charge is 0.225 e. The van der Waals surface area contributed by atoms with Crippen molar-refractivity contribution < 1.29 is 0 Å². The summed E-state index contributed by atoms with van der Waals surface area (Å²) in [6.07, 6.45) is 4.74. The lowest BCUT2D eigenvalue weighted by molar-refractivity contribution is 0.221. The van der Waals surface area contributed by atoms with E-state index in [1.54, 1.807) is 0 Å². The highest BCUT2D eigenvalue weighted by Gasteiger charge is 2.23. The predicted octanol–water partition coefficient (Wildman–Crippen LogP) is 3.58. The minimum absolute atomic E-state index is 0.441. The maximum atomic E-state index is 5.76. The van der Waals surface area contributed by atoms with Gasteiger partial charge in [0, 0.05) is 35.6 Å². The second kappa shape index (κ2) is 8.67. The van der Waals surface area contributed by atoms with Crippen molar-refractivity contribution >= 4 is 17.5 Å². The van der Waals surface area contributed by atoms with Crippen molar-refractivity contribution in [3.8, 4) is 0 Å². The van der Waals surface area contributed by atoms with Crippen LogP contribution in [0.1, 0.15) is 42.5 Å². The van der Waals surface area contributed by atoms with E-state index in [9.17, 15) is 0 Å². The maximum Gasteiger partial charge on any atom is 0.225 e. The van der Waals surface area contributed by atoms with Gasteiger partial charge in [-0.25, -0.2) is 4.98 Å². The lowest BCUT2D eigenvalue weighted by atomic mass is 9.90. The van der Waals surface area contributed by atoms with E-state index in [-0.39, 0.29) is 0 Å². The zero-order valence-electron chi connectivity index (χ0n) is 16.9. The average Bonchev–Trinajstić information content (AvgIpc) is 2.66. The monoisotopic (exact) mass is 368 g/mol. The van der Waals surface area contributed by atoms with Gasteiger partial charge >= 0.3 is 0 Å². The third-order valence-corrected chi connectivity index (χ3v) is 5.57. The Hall–Kier alpha value is -2.18. The number of hydrogen-bond donors (Lipinski definition) is 3. The molecular formula is C21H32N6. The molecule has 3 rings (SSSR count). The van der Waals surface area contributed by atoms with Crippen LogP contribution < -0.4 is 16.4 Å². The molecule has 0 unspecified atom stereocenters. The first-order chi connectivity index (χ1) is 13.0. The van der Waals surface area contributed by atoms with Gasteiger partial charge in [0.05, 0.1) is 0 Å². The standard InChI is InChI=1S/C21H32N6/c1-14-15(2)23-21(25-17-8-10-19(11-9-17)27(3)4)26-20(14)24-18-7-5-6-16(12-18)13-22/h5-7,12,17,19H,8-11,13,22H2,1-4H3,(H2,23,24,25,26)/t17-,19-. The molecule has 6 nitrogen and oxygen atoms in total. The first kappa shape index (κ1) is 19.6. The fourth-order valence-corrected chi connectivity index (χ4v) is 3.65. The Balaban J connectivity index is 1.72. The van der Waals surface area contributed by atoms with E-state index in [1.165, 1.54) is 12.8 Å². The molecule has 0 bridgehead atoms. The SMILES string of the molecule is Cc1nc(N[C@H]2CC[C@H](N(C)C)CC2)nc(Nc2cccc(CN)c2)c1C. The summed E-state index contributed by atoms with van der Waals surface area (Å²) in [6, 6.07) is 9.27. The summed E-state index contributed by atoms with van der Waals surface area (Å²) in [7, 11) is 4.34. The zero-order chi connectivity index (χ0) is 19.4. The summed E-state index contributed by atoms with van der Waals surface area (Å²) in [5.74, 6) is 1.56. The Bertz CT molecular complexity index is 765. The fourth-order valence-electron chi connectivity index (χ4n) is 3.65. The summed E-state index contributed by atoms with van der Waals surface area (Å²) in [5.41, 5.74) is 9.91. The number of anilines is 3. The molecule has 1 aromatic heterocycles. The van der Waals surface area contributed by atoms with Gasteiger partial charge < -0.3 is 21.3 Å². The molecule has 4 N–H and O–H groups in total. The highest BCUT2D eigenvalue weighted by atomic mass is 15.2. The van der Waals surface area contributed by atoms with E-state index in [4.69, 9.17) is 10.7 Å². The van der Waals surface area contributed by atoms with Gasteiger partial charge in [0.2, 0.25) is 5.95 Å². The normalized spacial score (nSPS) is 19.9. The van der Waals surface area contributed by atoms with E-state index in [1.807, 2.05) is 25.1 Å². The molecule has 27 heavy (non-hydrogen) atoms. The number of aromatic nitrogens is 2. The van der Waals surface area contributed by atoms with Crippen molar-refractivity contribution in [2.45, 2.75) is 58.2 Å². The minimum atomic E-state index is 0.441. The number of rotatable bonds is 6. The van der Waals surface area contributed by atoms with Gasteiger partial charge in [-0.3, -0.25) is 0 Å². The topological polar surface area (TPSA) is 79.1 Å². The van der Waals surface area contributed by atoms with Crippen molar-refractivity contribution in [3.63, 3.8) is 0 Å². The Morgan fingerprint density at radius 3 is 2.52 bits per heavy atom. The van der Waals surface area contributed by atoms with Crippen LogP contribution in [-0.2, 0) is 6.54 Å². The molecule has 1 saturated carbocycles. The summed E-state index contributed by atoms with van der Waals surface area (Å²) < 4.78 is 0. The van der Waals surface area contributed by atoms with Gasteiger partial charge in [-0.2, -0.15) is 4.98 Å².